The lowest BCUT2D eigenvalue weighted by Crippen LogP contribution is -2.14. The summed E-state index contributed by atoms with van der Waals surface area (Å²) in [6, 6.07) is 11.3. The zero-order valence-electron chi connectivity index (χ0n) is 14.0. The van der Waals surface area contributed by atoms with E-state index in [-0.39, 0.29) is 11.3 Å². The van der Waals surface area contributed by atoms with Gasteiger partial charge in [0.15, 0.2) is 5.69 Å². The van der Waals surface area contributed by atoms with E-state index in [1.807, 2.05) is 13.0 Å². The first-order valence-corrected chi connectivity index (χ1v) is 8.08. The second kappa shape index (κ2) is 6.97. The molecule has 1 heterocycles. The van der Waals surface area contributed by atoms with E-state index in [0.29, 0.717) is 22.1 Å². The molecule has 3 rings (SSSR count). The summed E-state index contributed by atoms with van der Waals surface area (Å²) in [4.78, 5) is 23.5. The van der Waals surface area contributed by atoms with Crippen LogP contribution in [0.3, 0.4) is 0 Å². The largest absolute Gasteiger partial charge is 0.478 e. The number of carboxylic acids is 1. The summed E-state index contributed by atoms with van der Waals surface area (Å²) >= 11 is 6.12. The molecule has 0 aliphatic rings. The molecule has 0 bridgehead atoms. The van der Waals surface area contributed by atoms with Crippen LogP contribution in [0.5, 0.6) is 0 Å². The van der Waals surface area contributed by atoms with Crippen LogP contribution < -0.4 is 5.56 Å². The molecule has 3 aromatic rings. The molecule has 0 aliphatic heterocycles. The Kier molecular flexibility index (Phi) is 4.73. The first-order valence-electron chi connectivity index (χ1n) is 7.70. The number of rotatable bonds is 4. The molecule has 1 aromatic heterocycles. The van der Waals surface area contributed by atoms with Crippen molar-refractivity contribution in [3.63, 3.8) is 0 Å². The quantitative estimate of drug-likeness (QED) is 0.659. The number of aromatic amines is 1. The maximum Gasteiger partial charge on any atom is 0.335 e. The van der Waals surface area contributed by atoms with Crippen molar-refractivity contribution in [1.29, 1.82) is 0 Å². The Hall–Kier alpha value is -3.19. The van der Waals surface area contributed by atoms with Gasteiger partial charge in [-0.3, -0.25) is 9.89 Å². The van der Waals surface area contributed by atoms with E-state index in [0.717, 1.165) is 5.56 Å². The summed E-state index contributed by atoms with van der Waals surface area (Å²) in [5, 5.41) is 20.4. The van der Waals surface area contributed by atoms with Crippen LogP contribution in [0.25, 0.3) is 5.69 Å². The Labute approximate surface area is 153 Å². The molecule has 0 fully saturated rings. The number of hydrogen-bond donors (Lipinski definition) is 2. The molecule has 8 heteroatoms. The summed E-state index contributed by atoms with van der Waals surface area (Å²) in [5.41, 5.74) is 2.40. The van der Waals surface area contributed by atoms with Gasteiger partial charge < -0.3 is 5.11 Å². The minimum Gasteiger partial charge on any atom is -0.478 e. The van der Waals surface area contributed by atoms with Crippen molar-refractivity contribution in [3.05, 3.63) is 74.7 Å². The van der Waals surface area contributed by atoms with E-state index in [1.165, 1.54) is 16.8 Å². The average molecular weight is 371 g/mol. The number of halogens is 1. The van der Waals surface area contributed by atoms with Crippen LogP contribution in [0.4, 0.5) is 11.4 Å². The van der Waals surface area contributed by atoms with Crippen molar-refractivity contribution in [1.82, 2.24) is 9.78 Å². The molecule has 132 valence electrons. The van der Waals surface area contributed by atoms with Gasteiger partial charge in [-0.05, 0) is 55.8 Å². The minimum absolute atomic E-state index is 0.138. The predicted molar refractivity (Wildman–Crippen MR) is 98.5 cm³/mol. The number of nitrogens with zero attached hydrogens (tertiary/aromatic N) is 3. The highest BCUT2D eigenvalue weighted by atomic mass is 35.5. The van der Waals surface area contributed by atoms with Gasteiger partial charge in [0.1, 0.15) is 5.69 Å². The zero-order chi connectivity index (χ0) is 18.8. The van der Waals surface area contributed by atoms with Crippen LogP contribution in [0.2, 0.25) is 5.02 Å². The molecule has 0 aliphatic carbocycles. The molecule has 26 heavy (non-hydrogen) atoms. The number of azo groups is 1. The lowest BCUT2D eigenvalue weighted by atomic mass is 10.2. The maximum absolute atomic E-state index is 12.6. The zero-order valence-corrected chi connectivity index (χ0v) is 14.8. The molecule has 0 atom stereocenters. The molecule has 2 aromatic carbocycles. The molecule has 0 unspecified atom stereocenters. The number of carbonyl (C=O) groups is 1. The van der Waals surface area contributed by atoms with Crippen LogP contribution in [-0.2, 0) is 0 Å². The molecule has 7 nitrogen and oxygen atoms in total. The molecular formula is C18H15ClN4O3. The number of aryl methyl sites for hydroxylation is 2. The predicted octanol–water partition coefficient (Wildman–Crippen LogP) is 4.55. The number of H-pyrrole nitrogens is 1. The summed E-state index contributed by atoms with van der Waals surface area (Å²) < 4.78 is 1.28. The number of nitrogens with one attached hydrogen (secondary N) is 1. The minimum atomic E-state index is -1.03. The van der Waals surface area contributed by atoms with Gasteiger partial charge >= 0.3 is 5.97 Å². The van der Waals surface area contributed by atoms with Crippen LogP contribution in [-0.4, -0.2) is 20.9 Å². The monoisotopic (exact) mass is 370 g/mol. The van der Waals surface area contributed by atoms with Gasteiger partial charge in [-0.2, -0.15) is 0 Å². The van der Waals surface area contributed by atoms with E-state index in [9.17, 15) is 9.59 Å². The highest BCUT2D eigenvalue weighted by molar-refractivity contribution is 6.33. The molecule has 0 saturated heterocycles. The van der Waals surface area contributed by atoms with Crippen LogP contribution >= 0.6 is 11.6 Å². The molecule has 0 saturated carbocycles. The third kappa shape index (κ3) is 3.43. The van der Waals surface area contributed by atoms with Gasteiger partial charge in [0, 0.05) is 0 Å². The van der Waals surface area contributed by atoms with Gasteiger partial charge in [0.2, 0.25) is 0 Å². The van der Waals surface area contributed by atoms with Gasteiger partial charge in [-0.25, -0.2) is 9.48 Å². The van der Waals surface area contributed by atoms with Crippen molar-refractivity contribution in [2.24, 2.45) is 10.2 Å². The molecule has 2 N–H and O–H groups in total. The summed E-state index contributed by atoms with van der Waals surface area (Å²) in [6.07, 6.45) is 0. The number of benzene rings is 2. The highest BCUT2D eigenvalue weighted by Crippen LogP contribution is 2.27. The first-order chi connectivity index (χ1) is 12.4. The topological polar surface area (TPSA) is 99.8 Å². The summed E-state index contributed by atoms with van der Waals surface area (Å²) in [5.74, 6) is -1.03. The smallest absolute Gasteiger partial charge is 0.335 e. The van der Waals surface area contributed by atoms with Gasteiger partial charge in [-0.15, -0.1) is 10.2 Å². The number of hydrogen-bond acceptors (Lipinski definition) is 4. The number of aromatic nitrogens is 2. The normalized spacial score (nSPS) is 11.2. The third-order valence-corrected chi connectivity index (χ3v) is 4.08. The second-order valence-corrected chi connectivity index (χ2v) is 6.14. The molecular weight excluding hydrogens is 356 g/mol. The van der Waals surface area contributed by atoms with Gasteiger partial charge in [0.25, 0.3) is 5.56 Å². The van der Waals surface area contributed by atoms with Crippen LogP contribution in [0.15, 0.2) is 57.5 Å². The van der Waals surface area contributed by atoms with Gasteiger partial charge in [-0.1, -0.05) is 17.7 Å². The Morgan fingerprint density at radius 3 is 2.42 bits per heavy atom. The van der Waals surface area contributed by atoms with Crippen LogP contribution in [0.1, 0.15) is 21.6 Å². The SMILES string of the molecule is Cc1ccc(N=Nc2c(C)[nH]n(-c3ccc(C(=O)O)cc3)c2=O)c(Cl)c1. The summed E-state index contributed by atoms with van der Waals surface area (Å²) in [7, 11) is 0. The second-order valence-electron chi connectivity index (χ2n) is 5.73. The van der Waals surface area contributed by atoms with Crippen LogP contribution in [0, 0.1) is 13.8 Å². The van der Waals surface area contributed by atoms with E-state index < -0.39 is 11.5 Å². The lowest BCUT2D eigenvalue weighted by Gasteiger charge is -2.01. The lowest BCUT2D eigenvalue weighted by molar-refractivity contribution is 0.0697. The Balaban J connectivity index is 1.96. The third-order valence-electron chi connectivity index (χ3n) is 3.77. The molecule has 0 radical (unpaired) electrons. The molecule has 0 spiro atoms. The highest BCUT2D eigenvalue weighted by Gasteiger charge is 2.13. The average Bonchev–Trinajstić information content (AvgIpc) is 2.89. The summed E-state index contributed by atoms with van der Waals surface area (Å²) in [6.45, 7) is 3.62. The van der Waals surface area contributed by atoms with Crippen molar-refractivity contribution in [2.45, 2.75) is 13.8 Å². The Bertz CT molecular complexity index is 1070. The van der Waals surface area contributed by atoms with Gasteiger partial charge in [0.05, 0.1) is 22.0 Å². The Morgan fingerprint density at radius 2 is 1.81 bits per heavy atom. The maximum atomic E-state index is 12.6. The Morgan fingerprint density at radius 1 is 1.12 bits per heavy atom. The number of carboxylic acid groups (broad SMARTS) is 1. The molecule has 0 amide bonds. The van der Waals surface area contributed by atoms with E-state index in [2.05, 4.69) is 15.3 Å². The van der Waals surface area contributed by atoms with Crippen molar-refractivity contribution in [3.8, 4) is 5.69 Å². The fraction of sp³-hybridized carbons (Fsp3) is 0.111. The van der Waals surface area contributed by atoms with Crippen molar-refractivity contribution < 1.29 is 9.90 Å². The standard InChI is InChI=1S/C18H15ClN4O3/c1-10-3-8-15(14(19)9-10)20-21-16-11(2)22-23(17(16)24)13-6-4-12(5-7-13)18(25)26/h3-9,22H,1-2H3,(H,25,26). The van der Waals surface area contributed by atoms with Crippen molar-refractivity contribution >= 4 is 28.9 Å². The van der Waals surface area contributed by atoms with E-state index >= 15 is 0 Å². The van der Waals surface area contributed by atoms with Crippen molar-refractivity contribution in [2.75, 3.05) is 0 Å². The fourth-order valence-corrected chi connectivity index (χ4v) is 2.66. The fourth-order valence-electron chi connectivity index (χ4n) is 2.39. The number of aromatic carboxylic acids is 1. The van der Waals surface area contributed by atoms with E-state index in [4.69, 9.17) is 16.7 Å². The van der Waals surface area contributed by atoms with E-state index in [1.54, 1.807) is 31.2 Å². The first kappa shape index (κ1) is 17.6.